The highest BCUT2D eigenvalue weighted by Crippen LogP contribution is 2.35. The largest absolute Gasteiger partial charge is 0.465 e. The zero-order chi connectivity index (χ0) is 18.2. The first kappa shape index (κ1) is 19.7. The van der Waals surface area contributed by atoms with Crippen LogP contribution in [0.25, 0.3) is 12.2 Å². The van der Waals surface area contributed by atoms with E-state index in [1.54, 1.807) is 26.2 Å². The number of benzene rings is 2. The standard InChI is InChI=1S/C19H18Br2O4/c1-3-24-19(22)15-6-4-5-13(9-15)7-8-14-10-16(20)18(17(21)11-14)25-12-23-2/h4-11H,3,12H2,1-2H3. The Morgan fingerprint density at radius 3 is 2.40 bits per heavy atom. The molecule has 0 unspecified atom stereocenters. The highest BCUT2D eigenvalue weighted by Gasteiger charge is 2.08. The molecule has 0 saturated carbocycles. The fourth-order valence-electron chi connectivity index (χ4n) is 2.11. The van der Waals surface area contributed by atoms with Crippen molar-refractivity contribution in [2.75, 3.05) is 20.5 Å². The zero-order valence-electron chi connectivity index (χ0n) is 13.9. The van der Waals surface area contributed by atoms with Gasteiger partial charge in [-0.2, -0.15) is 0 Å². The van der Waals surface area contributed by atoms with Gasteiger partial charge in [-0.05, 0) is 74.2 Å². The summed E-state index contributed by atoms with van der Waals surface area (Å²) >= 11 is 6.99. The summed E-state index contributed by atoms with van der Waals surface area (Å²) in [5.74, 6) is 0.367. The number of halogens is 2. The van der Waals surface area contributed by atoms with Gasteiger partial charge in [0.1, 0.15) is 0 Å². The summed E-state index contributed by atoms with van der Waals surface area (Å²) in [5.41, 5.74) is 2.43. The van der Waals surface area contributed by atoms with Crippen molar-refractivity contribution in [1.82, 2.24) is 0 Å². The number of carbonyl (C=O) groups is 1. The maximum atomic E-state index is 11.8. The van der Waals surface area contributed by atoms with Crippen molar-refractivity contribution in [3.8, 4) is 5.75 Å². The Labute approximate surface area is 164 Å². The fourth-order valence-corrected chi connectivity index (χ4v) is 3.56. The average molecular weight is 470 g/mol. The van der Waals surface area contributed by atoms with E-state index in [1.807, 2.05) is 36.4 Å². The number of rotatable bonds is 7. The Bertz CT molecular complexity index is 749. The van der Waals surface area contributed by atoms with Crippen LogP contribution in [0.15, 0.2) is 45.3 Å². The Hall–Kier alpha value is -1.63. The van der Waals surface area contributed by atoms with Crippen LogP contribution in [0, 0.1) is 0 Å². The van der Waals surface area contributed by atoms with Crippen molar-refractivity contribution in [2.24, 2.45) is 0 Å². The van der Waals surface area contributed by atoms with Crippen LogP contribution in [-0.2, 0) is 9.47 Å². The Kier molecular flexibility index (Phi) is 7.68. The van der Waals surface area contributed by atoms with Gasteiger partial charge in [0.2, 0.25) is 0 Å². The van der Waals surface area contributed by atoms with Crippen LogP contribution >= 0.6 is 31.9 Å². The van der Waals surface area contributed by atoms with Crippen LogP contribution in [0.3, 0.4) is 0 Å². The predicted octanol–water partition coefficient (Wildman–Crippen LogP) is 5.54. The Balaban J connectivity index is 2.19. The average Bonchev–Trinajstić information content (AvgIpc) is 2.60. The summed E-state index contributed by atoms with van der Waals surface area (Å²) < 4.78 is 17.1. The molecule has 0 spiro atoms. The molecule has 0 aliphatic carbocycles. The third-order valence-electron chi connectivity index (χ3n) is 3.21. The lowest BCUT2D eigenvalue weighted by atomic mass is 10.1. The van der Waals surface area contributed by atoms with Crippen molar-refractivity contribution in [3.63, 3.8) is 0 Å². The first-order chi connectivity index (χ1) is 12.0. The van der Waals surface area contributed by atoms with Gasteiger partial charge in [0.25, 0.3) is 0 Å². The van der Waals surface area contributed by atoms with Crippen molar-refractivity contribution in [1.29, 1.82) is 0 Å². The van der Waals surface area contributed by atoms with E-state index in [2.05, 4.69) is 31.9 Å². The molecule has 0 aliphatic heterocycles. The van der Waals surface area contributed by atoms with Gasteiger partial charge in [-0.15, -0.1) is 0 Å². The Morgan fingerprint density at radius 1 is 1.08 bits per heavy atom. The molecule has 0 aliphatic rings. The van der Waals surface area contributed by atoms with E-state index < -0.39 is 0 Å². The summed E-state index contributed by atoms with van der Waals surface area (Å²) in [7, 11) is 1.57. The number of esters is 1. The number of ether oxygens (including phenoxy) is 3. The van der Waals surface area contributed by atoms with E-state index >= 15 is 0 Å². The maximum Gasteiger partial charge on any atom is 0.338 e. The van der Waals surface area contributed by atoms with E-state index in [0.29, 0.717) is 17.9 Å². The Morgan fingerprint density at radius 2 is 1.76 bits per heavy atom. The summed E-state index contributed by atoms with van der Waals surface area (Å²) in [4.78, 5) is 11.8. The lowest BCUT2D eigenvalue weighted by molar-refractivity contribution is 0.0500. The normalized spacial score (nSPS) is 10.9. The molecule has 2 aromatic rings. The highest BCUT2D eigenvalue weighted by molar-refractivity contribution is 9.11. The lowest BCUT2D eigenvalue weighted by Crippen LogP contribution is -2.04. The van der Waals surface area contributed by atoms with Gasteiger partial charge < -0.3 is 14.2 Å². The van der Waals surface area contributed by atoms with Gasteiger partial charge in [0.15, 0.2) is 12.5 Å². The van der Waals surface area contributed by atoms with Crippen LogP contribution in [0.5, 0.6) is 5.75 Å². The molecule has 0 N–H and O–H groups in total. The third kappa shape index (κ3) is 5.70. The molecule has 25 heavy (non-hydrogen) atoms. The van der Waals surface area contributed by atoms with Gasteiger partial charge >= 0.3 is 5.97 Å². The second kappa shape index (κ2) is 9.75. The SMILES string of the molecule is CCOC(=O)c1cccc(C=Cc2cc(Br)c(OCOC)c(Br)c2)c1. The minimum atomic E-state index is -0.317. The predicted molar refractivity (Wildman–Crippen MR) is 106 cm³/mol. The van der Waals surface area contributed by atoms with Crippen LogP contribution < -0.4 is 4.74 Å². The molecule has 2 rings (SSSR count). The molecule has 4 nitrogen and oxygen atoms in total. The van der Waals surface area contributed by atoms with E-state index in [-0.39, 0.29) is 12.8 Å². The molecule has 0 saturated heterocycles. The number of hydrogen-bond acceptors (Lipinski definition) is 4. The molecule has 0 radical (unpaired) electrons. The smallest absolute Gasteiger partial charge is 0.338 e. The van der Waals surface area contributed by atoms with Crippen LogP contribution in [0.1, 0.15) is 28.4 Å². The minimum absolute atomic E-state index is 0.174. The number of hydrogen-bond donors (Lipinski definition) is 0. The van der Waals surface area contributed by atoms with Crippen molar-refractivity contribution in [3.05, 3.63) is 62.0 Å². The first-order valence-corrected chi connectivity index (χ1v) is 9.19. The van der Waals surface area contributed by atoms with Crippen molar-refractivity contribution in [2.45, 2.75) is 6.92 Å². The summed E-state index contributed by atoms with van der Waals surface area (Å²) in [6.07, 6.45) is 3.90. The molecule has 0 atom stereocenters. The molecule has 0 bridgehead atoms. The highest BCUT2D eigenvalue weighted by atomic mass is 79.9. The fraction of sp³-hybridized carbons (Fsp3) is 0.211. The molecule has 0 aromatic heterocycles. The van der Waals surface area contributed by atoms with Gasteiger partial charge in [0, 0.05) is 7.11 Å². The van der Waals surface area contributed by atoms with Crippen molar-refractivity contribution < 1.29 is 19.0 Å². The summed E-state index contributed by atoms with van der Waals surface area (Å²) in [5, 5.41) is 0. The molecule has 0 fully saturated rings. The van der Waals surface area contributed by atoms with E-state index in [4.69, 9.17) is 14.2 Å². The molecule has 0 heterocycles. The molecule has 2 aromatic carbocycles. The van der Waals surface area contributed by atoms with Gasteiger partial charge in [0.05, 0.1) is 21.1 Å². The number of carbonyl (C=O) groups excluding carboxylic acids is 1. The van der Waals surface area contributed by atoms with Gasteiger partial charge in [-0.25, -0.2) is 4.79 Å². The van der Waals surface area contributed by atoms with E-state index in [1.165, 1.54) is 0 Å². The van der Waals surface area contributed by atoms with Crippen LogP contribution in [0.4, 0.5) is 0 Å². The third-order valence-corrected chi connectivity index (χ3v) is 4.39. The second-order valence-electron chi connectivity index (χ2n) is 5.04. The zero-order valence-corrected chi connectivity index (χ0v) is 17.1. The molecular formula is C19H18Br2O4. The first-order valence-electron chi connectivity index (χ1n) is 7.61. The van der Waals surface area contributed by atoms with Crippen LogP contribution in [0.2, 0.25) is 0 Å². The monoisotopic (exact) mass is 468 g/mol. The molecule has 6 heteroatoms. The summed E-state index contributed by atoms with van der Waals surface area (Å²) in [6, 6.07) is 11.2. The van der Waals surface area contributed by atoms with Gasteiger partial charge in [-0.1, -0.05) is 24.3 Å². The van der Waals surface area contributed by atoms with Crippen LogP contribution in [-0.4, -0.2) is 26.5 Å². The van der Waals surface area contributed by atoms with E-state index in [0.717, 1.165) is 20.1 Å². The molecule has 132 valence electrons. The molecular weight excluding hydrogens is 452 g/mol. The maximum absolute atomic E-state index is 11.8. The number of methoxy groups -OCH3 is 1. The second-order valence-corrected chi connectivity index (χ2v) is 6.75. The topological polar surface area (TPSA) is 44.8 Å². The van der Waals surface area contributed by atoms with Gasteiger partial charge in [-0.3, -0.25) is 0 Å². The minimum Gasteiger partial charge on any atom is -0.465 e. The molecule has 0 amide bonds. The van der Waals surface area contributed by atoms with Crippen molar-refractivity contribution >= 4 is 50.0 Å². The summed E-state index contributed by atoms with van der Waals surface area (Å²) in [6.45, 7) is 2.32. The lowest BCUT2D eigenvalue weighted by Gasteiger charge is -2.10. The quantitative estimate of drug-likeness (QED) is 0.303. The van der Waals surface area contributed by atoms with E-state index in [9.17, 15) is 4.79 Å².